The van der Waals surface area contributed by atoms with Crippen LogP contribution < -0.4 is 28.2 Å². The van der Waals surface area contributed by atoms with Crippen LogP contribution in [0.3, 0.4) is 0 Å². The number of hydrogen-bond donors (Lipinski definition) is 0. The van der Waals surface area contributed by atoms with E-state index in [0.717, 1.165) is 12.3 Å². The van der Waals surface area contributed by atoms with Crippen LogP contribution in [-0.2, 0) is 26.5 Å². The average Bonchev–Trinajstić information content (AvgIpc) is 3.42. The number of piperazine rings is 1. The molecule has 2 aliphatic rings. The van der Waals surface area contributed by atoms with Gasteiger partial charge in [0.25, 0.3) is 15.9 Å². The Hall–Kier alpha value is -5.53. The number of rotatable bonds is 10. The first-order chi connectivity index (χ1) is 24.8. The van der Waals surface area contributed by atoms with Gasteiger partial charge in [-0.2, -0.15) is 18.4 Å². The van der Waals surface area contributed by atoms with Crippen molar-refractivity contribution >= 4 is 27.3 Å². The van der Waals surface area contributed by atoms with Gasteiger partial charge in [-0.15, -0.1) is 0 Å². The van der Waals surface area contributed by atoms with Gasteiger partial charge in [0.2, 0.25) is 0 Å². The molecule has 2 aliphatic heterocycles. The maximum absolute atomic E-state index is 15.5. The number of carbonyl (C=O) groups excluding carboxylic acids is 1. The van der Waals surface area contributed by atoms with Crippen LogP contribution in [0.25, 0.3) is 0 Å². The highest BCUT2D eigenvalue weighted by Gasteiger charge is 2.61. The molecule has 1 amide bonds. The fourth-order valence-corrected chi connectivity index (χ4v) is 8.38. The van der Waals surface area contributed by atoms with E-state index in [1.54, 1.807) is 34.9 Å². The quantitative estimate of drug-likeness (QED) is 0.213. The zero-order chi connectivity index (χ0) is 37.4. The number of alkyl halides is 3. The zero-order valence-corrected chi connectivity index (χ0v) is 29.4. The van der Waals surface area contributed by atoms with Gasteiger partial charge in [-0.25, -0.2) is 12.7 Å². The van der Waals surface area contributed by atoms with Crippen molar-refractivity contribution in [1.82, 2.24) is 9.88 Å². The number of anilines is 2. The molecule has 0 radical (unpaired) electrons. The van der Waals surface area contributed by atoms with E-state index in [-0.39, 0.29) is 77.2 Å². The number of pyridine rings is 1. The number of halogens is 3. The Morgan fingerprint density at radius 3 is 2.19 bits per heavy atom. The van der Waals surface area contributed by atoms with Crippen LogP contribution in [0, 0.1) is 11.3 Å². The summed E-state index contributed by atoms with van der Waals surface area (Å²) in [5.41, 5.74) is -2.07. The Morgan fingerprint density at radius 1 is 0.865 bits per heavy atom. The highest BCUT2D eigenvalue weighted by Crippen LogP contribution is 2.54. The van der Waals surface area contributed by atoms with Gasteiger partial charge < -0.3 is 23.8 Å². The van der Waals surface area contributed by atoms with Crippen molar-refractivity contribution in [2.75, 3.05) is 63.3 Å². The molecule has 16 heteroatoms. The predicted molar refractivity (Wildman–Crippen MR) is 183 cm³/mol. The SMILES string of the molecule is CCOc1ccc(OC)cc1C1(N2CCN(c3ccnc(C(F)(F)F)c3)CC2)C(=O)N(S(=O)(=O)c2ccc(OC)cc2OC)c2ccc(C#N)cc21. The van der Waals surface area contributed by atoms with Crippen LogP contribution in [0.1, 0.15) is 29.3 Å². The second kappa shape index (κ2) is 13.9. The van der Waals surface area contributed by atoms with Gasteiger partial charge in [-0.3, -0.25) is 14.7 Å². The van der Waals surface area contributed by atoms with Crippen LogP contribution in [0.5, 0.6) is 23.0 Å². The van der Waals surface area contributed by atoms with Gasteiger partial charge in [0.1, 0.15) is 33.6 Å². The minimum atomic E-state index is -4.72. The summed E-state index contributed by atoms with van der Waals surface area (Å²) in [6, 6.07) is 17.8. The first-order valence-corrected chi connectivity index (χ1v) is 17.5. The Morgan fingerprint density at radius 2 is 1.56 bits per heavy atom. The summed E-state index contributed by atoms with van der Waals surface area (Å²) in [6.45, 7) is 2.40. The lowest BCUT2D eigenvalue weighted by atomic mass is 9.80. The van der Waals surface area contributed by atoms with Crippen molar-refractivity contribution in [1.29, 1.82) is 5.26 Å². The molecule has 1 atom stereocenters. The molecular formula is C36H34F3N5O7S. The van der Waals surface area contributed by atoms with Gasteiger partial charge in [0.15, 0.2) is 5.54 Å². The Bertz CT molecular complexity index is 2170. The average molecular weight is 738 g/mol. The largest absolute Gasteiger partial charge is 0.497 e. The van der Waals surface area contributed by atoms with Crippen molar-refractivity contribution in [2.45, 2.75) is 23.5 Å². The third kappa shape index (κ3) is 5.99. The van der Waals surface area contributed by atoms with E-state index in [1.165, 1.54) is 63.8 Å². The first kappa shape index (κ1) is 36.3. The van der Waals surface area contributed by atoms with Crippen molar-refractivity contribution in [3.05, 3.63) is 95.3 Å². The van der Waals surface area contributed by atoms with E-state index in [2.05, 4.69) is 11.1 Å². The molecule has 52 heavy (non-hydrogen) atoms. The van der Waals surface area contributed by atoms with E-state index in [9.17, 15) is 26.9 Å². The van der Waals surface area contributed by atoms with Gasteiger partial charge in [0.05, 0.1) is 45.3 Å². The van der Waals surface area contributed by atoms with Crippen molar-refractivity contribution in [3.8, 4) is 29.1 Å². The number of aromatic nitrogens is 1. The normalized spacial score (nSPS) is 17.8. The number of benzene rings is 3. The Labute approximate surface area is 298 Å². The number of sulfonamides is 1. The van der Waals surface area contributed by atoms with Crippen LogP contribution in [0.15, 0.2) is 77.8 Å². The van der Waals surface area contributed by atoms with Crippen molar-refractivity contribution in [3.63, 3.8) is 0 Å². The summed E-state index contributed by atoms with van der Waals surface area (Å²) in [5.74, 6) is -0.0274. The topological polar surface area (TPSA) is 135 Å². The minimum absolute atomic E-state index is 0.00137. The first-order valence-electron chi connectivity index (χ1n) is 16.1. The molecule has 4 aromatic rings. The van der Waals surface area contributed by atoms with Gasteiger partial charge in [0, 0.05) is 55.3 Å². The smallest absolute Gasteiger partial charge is 0.433 e. The Balaban J connectivity index is 1.57. The molecule has 1 fully saturated rings. The summed E-state index contributed by atoms with van der Waals surface area (Å²) in [5, 5.41) is 10.0. The highest BCUT2D eigenvalue weighted by atomic mass is 32.2. The minimum Gasteiger partial charge on any atom is -0.497 e. The summed E-state index contributed by atoms with van der Waals surface area (Å²) in [6.07, 6.45) is -3.56. The monoisotopic (exact) mass is 737 g/mol. The lowest BCUT2D eigenvalue weighted by molar-refractivity contribution is -0.141. The van der Waals surface area contributed by atoms with Crippen molar-refractivity contribution < 1.29 is 45.3 Å². The number of fused-ring (bicyclic) bond motifs is 1. The van der Waals surface area contributed by atoms with Gasteiger partial charge in [-0.1, -0.05) is 0 Å². The number of nitrogens with zero attached hydrogens (tertiary/aromatic N) is 5. The molecule has 3 aromatic carbocycles. The van der Waals surface area contributed by atoms with Crippen LogP contribution >= 0.6 is 0 Å². The van der Waals surface area contributed by atoms with Crippen LogP contribution in [0.4, 0.5) is 24.5 Å². The third-order valence-electron chi connectivity index (χ3n) is 9.15. The standard InChI is InChI=1S/C36H34F3N5O7S/c1-5-51-30-10-7-25(48-2)20-28(30)35(43-16-14-42(15-17-43)24-12-13-41-33(19-24)36(37,38)39)27-18-23(22-40)6-9-29(27)44(34(35)45)52(46,47)32-11-8-26(49-3)21-31(32)50-4/h6-13,18-21H,5,14-17H2,1-4H3. The maximum atomic E-state index is 15.5. The molecule has 12 nitrogen and oxygen atoms in total. The number of hydrogen-bond acceptors (Lipinski definition) is 11. The number of nitriles is 1. The number of ether oxygens (including phenoxy) is 4. The molecule has 1 saturated heterocycles. The molecule has 0 saturated carbocycles. The highest BCUT2D eigenvalue weighted by molar-refractivity contribution is 7.93. The van der Waals surface area contributed by atoms with Crippen molar-refractivity contribution in [2.24, 2.45) is 0 Å². The molecule has 0 aliphatic carbocycles. The third-order valence-corrected chi connectivity index (χ3v) is 10.9. The molecule has 1 aromatic heterocycles. The number of carbonyl (C=O) groups is 1. The molecule has 0 N–H and O–H groups in total. The number of methoxy groups -OCH3 is 3. The van der Waals surface area contributed by atoms with E-state index >= 15 is 4.79 Å². The van der Waals surface area contributed by atoms with E-state index < -0.39 is 33.3 Å². The molecule has 272 valence electrons. The molecule has 0 bridgehead atoms. The maximum Gasteiger partial charge on any atom is 0.433 e. The summed E-state index contributed by atoms with van der Waals surface area (Å²) >= 11 is 0. The van der Waals surface area contributed by atoms with E-state index in [1.807, 2.05) is 0 Å². The molecule has 0 spiro atoms. The van der Waals surface area contributed by atoms with E-state index in [0.29, 0.717) is 15.8 Å². The van der Waals surface area contributed by atoms with Crippen LogP contribution in [-0.4, -0.2) is 78.3 Å². The summed E-state index contributed by atoms with van der Waals surface area (Å²) < 4.78 is 93.2. The summed E-state index contributed by atoms with van der Waals surface area (Å²) in [4.78, 5) is 22.2. The predicted octanol–water partition coefficient (Wildman–Crippen LogP) is 5.20. The fourth-order valence-electron chi connectivity index (χ4n) is 6.78. The fraction of sp³-hybridized carbons (Fsp3) is 0.306. The lowest BCUT2D eigenvalue weighted by Crippen LogP contribution is -2.60. The van der Waals surface area contributed by atoms with Crippen LogP contribution in [0.2, 0.25) is 0 Å². The molecular weight excluding hydrogens is 703 g/mol. The summed E-state index contributed by atoms with van der Waals surface area (Å²) in [7, 11) is -0.570. The molecule has 3 heterocycles. The second-order valence-electron chi connectivity index (χ2n) is 11.8. The van der Waals surface area contributed by atoms with Gasteiger partial charge >= 0.3 is 6.18 Å². The Kier molecular flexibility index (Phi) is 9.69. The van der Waals surface area contributed by atoms with E-state index in [4.69, 9.17) is 18.9 Å². The number of amides is 1. The molecule has 1 unspecified atom stereocenters. The second-order valence-corrected chi connectivity index (χ2v) is 13.6. The van der Waals surface area contributed by atoms with Gasteiger partial charge in [-0.05, 0) is 67.6 Å². The lowest BCUT2D eigenvalue weighted by Gasteiger charge is -2.46. The molecule has 6 rings (SSSR count). The zero-order valence-electron chi connectivity index (χ0n) is 28.6.